The van der Waals surface area contributed by atoms with Crippen LogP contribution in [-0.4, -0.2) is 89.2 Å². The van der Waals surface area contributed by atoms with Crippen LogP contribution in [0.15, 0.2) is 97.2 Å². The molecular formula is C65H106O12. The molecule has 1 aliphatic heterocycles. The molecule has 77 heavy (non-hydrogen) atoms. The van der Waals surface area contributed by atoms with Crippen molar-refractivity contribution in [3.05, 3.63) is 97.2 Å². The highest BCUT2D eigenvalue weighted by atomic mass is 16.7. The number of hydrogen-bond donors (Lipinski definition) is 3. The van der Waals surface area contributed by atoms with Gasteiger partial charge in [-0.05, 0) is 96.3 Å². The van der Waals surface area contributed by atoms with Crippen LogP contribution in [0.1, 0.15) is 239 Å². The van der Waals surface area contributed by atoms with Crippen LogP contribution in [0.3, 0.4) is 0 Å². The number of aliphatic carboxylic acids is 1. The minimum atomic E-state index is -1.91. The summed E-state index contributed by atoms with van der Waals surface area (Å²) in [6.45, 7) is 5.72. The van der Waals surface area contributed by atoms with Crippen molar-refractivity contribution in [1.29, 1.82) is 0 Å². The van der Waals surface area contributed by atoms with Crippen molar-refractivity contribution < 1.29 is 58.2 Å². The summed E-state index contributed by atoms with van der Waals surface area (Å²) >= 11 is 0. The van der Waals surface area contributed by atoms with Crippen molar-refractivity contribution in [3.8, 4) is 0 Å². The number of allylic oxidation sites excluding steroid dienone is 16. The van der Waals surface area contributed by atoms with Crippen molar-refractivity contribution in [3.63, 3.8) is 0 Å². The fourth-order valence-electron chi connectivity index (χ4n) is 8.58. The van der Waals surface area contributed by atoms with E-state index in [4.69, 9.17) is 23.7 Å². The molecule has 0 aliphatic carbocycles. The molecule has 6 unspecified atom stereocenters. The summed E-state index contributed by atoms with van der Waals surface area (Å²) in [7, 11) is 0. The van der Waals surface area contributed by atoms with Crippen LogP contribution in [0.4, 0.5) is 0 Å². The van der Waals surface area contributed by atoms with E-state index in [0.29, 0.717) is 19.3 Å². The van der Waals surface area contributed by atoms with Gasteiger partial charge in [-0.25, -0.2) is 4.79 Å². The van der Waals surface area contributed by atoms with Gasteiger partial charge in [0, 0.05) is 19.3 Å². The first-order valence-corrected chi connectivity index (χ1v) is 30.2. The number of esters is 3. The lowest BCUT2D eigenvalue weighted by Crippen LogP contribution is -2.61. The van der Waals surface area contributed by atoms with Crippen molar-refractivity contribution in [2.45, 2.75) is 276 Å². The standard InChI is InChI=1S/C65H106O12/c1-4-7-10-13-16-19-22-24-26-28-29-31-32-34-37-39-42-45-48-51-57(66)73-54-56(75-58(67)52-49-46-43-41-38-35-33-30-27-25-23-20-17-14-11-8-5-2)55-74-65-63(61(70)60(69)62(77-65)64(71)72)76-59(68)53-50-47-44-40-36-21-18-15-12-9-6-3/h7-8,10-11,16-17,19-20,24-27,29,31,34,37,56,60-63,65,69-70H,4-6,9,12-15,18,21-23,28,30,32-33,35-36,38-55H2,1-3H3,(H,71,72)/b10-7-,11-8-,19-16-,20-17-,26-24-,27-25-,31-29-,37-34-. The van der Waals surface area contributed by atoms with E-state index in [9.17, 15) is 34.5 Å². The van der Waals surface area contributed by atoms with Crippen LogP contribution in [-0.2, 0) is 42.9 Å². The number of ether oxygens (including phenoxy) is 5. The molecule has 1 rings (SSSR count). The average molecular weight is 1080 g/mol. The van der Waals surface area contributed by atoms with E-state index < -0.39 is 67.3 Å². The Bertz CT molecular complexity index is 1710. The number of aliphatic hydroxyl groups excluding tert-OH is 2. The summed E-state index contributed by atoms with van der Waals surface area (Å²) < 4.78 is 28.4. The first kappa shape index (κ1) is 70.7. The number of unbranched alkanes of at least 4 members (excludes halogenated alkanes) is 20. The Morgan fingerprint density at radius 1 is 0.442 bits per heavy atom. The second kappa shape index (κ2) is 52.3. The zero-order valence-corrected chi connectivity index (χ0v) is 48.2. The molecule has 0 aromatic heterocycles. The molecular weight excluding hydrogens is 973 g/mol. The molecule has 1 saturated heterocycles. The SMILES string of the molecule is CC/C=C\C/C=C\C/C=C\C/C=C\C/C=C\CCCCCC(=O)OCC(COC1OC(C(=O)O)C(O)C(O)C1OC(=O)CCCCCCCCCCCCC)OC(=O)CCCCCCCCC/C=C\C/C=C\C/C=C\CC. The minimum Gasteiger partial charge on any atom is -0.479 e. The topological polar surface area (TPSA) is 175 Å². The highest BCUT2D eigenvalue weighted by Crippen LogP contribution is 2.26. The molecule has 0 aromatic rings. The Morgan fingerprint density at radius 3 is 1.26 bits per heavy atom. The van der Waals surface area contributed by atoms with Crippen LogP contribution in [0.25, 0.3) is 0 Å². The third kappa shape index (κ3) is 42.3. The van der Waals surface area contributed by atoms with Gasteiger partial charge in [0.1, 0.15) is 18.8 Å². The van der Waals surface area contributed by atoms with Crippen LogP contribution in [0.2, 0.25) is 0 Å². The lowest BCUT2D eigenvalue weighted by Gasteiger charge is -2.40. The number of hydrogen-bond acceptors (Lipinski definition) is 11. The van der Waals surface area contributed by atoms with Crippen LogP contribution < -0.4 is 0 Å². The number of carbonyl (C=O) groups excluding carboxylic acids is 3. The van der Waals surface area contributed by atoms with Gasteiger partial charge in [0.2, 0.25) is 0 Å². The van der Waals surface area contributed by atoms with Gasteiger partial charge in [-0.3, -0.25) is 14.4 Å². The van der Waals surface area contributed by atoms with E-state index >= 15 is 0 Å². The monoisotopic (exact) mass is 1080 g/mol. The summed E-state index contributed by atoms with van der Waals surface area (Å²) in [5.41, 5.74) is 0. The fourth-order valence-corrected chi connectivity index (χ4v) is 8.58. The Balaban J connectivity index is 2.71. The first-order chi connectivity index (χ1) is 37.6. The normalized spacial score (nSPS) is 18.7. The Labute approximate surface area is 466 Å². The summed E-state index contributed by atoms with van der Waals surface area (Å²) in [6.07, 6.45) is 56.6. The minimum absolute atomic E-state index is 0.0543. The molecule has 0 amide bonds. The van der Waals surface area contributed by atoms with Crippen molar-refractivity contribution >= 4 is 23.9 Å². The summed E-state index contributed by atoms with van der Waals surface area (Å²) in [5.74, 6) is -3.18. The first-order valence-electron chi connectivity index (χ1n) is 30.2. The maximum Gasteiger partial charge on any atom is 0.335 e. The number of carboxylic acid groups (broad SMARTS) is 1. The van der Waals surface area contributed by atoms with Gasteiger partial charge in [-0.15, -0.1) is 0 Å². The zero-order valence-electron chi connectivity index (χ0n) is 48.2. The summed E-state index contributed by atoms with van der Waals surface area (Å²) in [6, 6.07) is 0. The molecule has 438 valence electrons. The van der Waals surface area contributed by atoms with E-state index in [0.717, 1.165) is 141 Å². The third-order valence-corrected chi connectivity index (χ3v) is 13.2. The predicted molar refractivity (Wildman–Crippen MR) is 312 cm³/mol. The molecule has 3 N–H and O–H groups in total. The quantitative estimate of drug-likeness (QED) is 0.0228. The maximum atomic E-state index is 13.2. The summed E-state index contributed by atoms with van der Waals surface area (Å²) in [4.78, 5) is 51.1. The van der Waals surface area contributed by atoms with Crippen molar-refractivity contribution in [1.82, 2.24) is 0 Å². The smallest absolute Gasteiger partial charge is 0.335 e. The second-order valence-corrected chi connectivity index (χ2v) is 20.2. The number of rotatable bonds is 50. The van der Waals surface area contributed by atoms with E-state index in [1.807, 2.05) is 0 Å². The van der Waals surface area contributed by atoms with Crippen molar-refractivity contribution in [2.24, 2.45) is 0 Å². The van der Waals surface area contributed by atoms with Gasteiger partial charge in [-0.1, -0.05) is 221 Å². The molecule has 0 bridgehead atoms. The largest absolute Gasteiger partial charge is 0.479 e. The molecule has 0 aromatic carbocycles. The average Bonchev–Trinajstić information content (AvgIpc) is 3.42. The molecule has 0 radical (unpaired) electrons. The second-order valence-electron chi connectivity index (χ2n) is 20.2. The van der Waals surface area contributed by atoms with Crippen LogP contribution >= 0.6 is 0 Å². The molecule has 12 heteroatoms. The number of aliphatic hydroxyl groups is 2. The van der Waals surface area contributed by atoms with Gasteiger partial charge < -0.3 is 39.0 Å². The van der Waals surface area contributed by atoms with Gasteiger partial charge in [0.05, 0.1) is 6.61 Å². The van der Waals surface area contributed by atoms with Crippen LogP contribution in [0, 0.1) is 0 Å². The molecule has 12 nitrogen and oxygen atoms in total. The fraction of sp³-hybridized carbons (Fsp3) is 0.692. The van der Waals surface area contributed by atoms with E-state index in [1.54, 1.807) is 0 Å². The molecule has 1 fully saturated rings. The molecule has 0 saturated carbocycles. The Kier molecular flexibility index (Phi) is 48.0. The molecule has 0 spiro atoms. The van der Waals surface area contributed by atoms with E-state index in [2.05, 4.69) is 118 Å². The lowest BCUT2D eigenvalue weighted by molar-refractivity contribution is -0.301. The zero-order chi connectivity index (χ0) is 56.1. The molecule has 1 heterocycles. The van der Waals surface area contributed by atoms with Gasteiger partial charge >= 0.3 is 23.9 Å². The summed E-state index contributed by atoms with van der Waals surface area (Å²) in [5, 5.41) is 31.5. The number of carboxylic acids is 1. The lowest BCUT2D eigenvalue weighted by atomic mass is 9.98. The van der Waals surface area contributed by atoms with Gasteiger partial charge in [-0.2, -0.15) is 0 Å². The van der Waals surface area contributed by atoms with E-state index in [1.165, 1.54) is 38.5 Å². The highest BCUT2D eigenvalue weighted by Gasteiger charge is 2.50. The van der Waals surface area contributed by atoms with Gasteiger partial charge in [0.15, 0.2) is 24.6 Å². The Morgan fingerprint density at radius 2 is 0.818 bits per heavy atom. The predicted octanol–water partition coefficient (Wildman–Crippen LogP) is 15.7. The molecule has 6 atom stereocenters. The third-order valence-electron chi connectivity index (χ3n) is 13.2. The molecule has 1 aliphatic rings. The number of carbonyl (C=O) groups is 4. The Hall–Kier alpha value is -4.36. The van der Waals surface area contributed by atoms with Crippen LogP contribution in [0.5, 0.6) is 0 Å². The van der Waals surface area contributed by atoms with E-state index in [-0.39, 0.29) is 25.9 Å². The van der Waals surface area contributed by atoms with Gasteiger partial charge in [0.25, 0.3) is 0 Å². The maximum absolute atomic E-state index is 13.2. The van der Waals surface area contributed by atoms with Crippen molar-refractivity contribution in [2.75, 3.05) is 13.2 Å². The highest BCUT2D eigenvalue weighted by molar-refractivity contribution is 5.74.